The molecule has 1 aliphatic heterocycles. The van der Waals surface area contributed by atoms with Crippen LogP contribution in [0.2, 0.25) is 5.02 Å². The second-order valence-electron chi connectivity index (χ2n) is 7.62. The van der Waals surface area contributed by atoms with Crippen LogP contribution in [0.25, 0.3) is 11.3 Å². The predicted octanol–water partition coefficient (Wildman–Crippen LogP) is 5.89. The van der Waals surface area contributed by atoms with Crippen molar-refractivity contribution in [3.05, 3.63) is 70.9 Å². The largest absolute Gasteiger partial charge is 0.490 e. The molecule has 2 heterocycles. The Labute approximate surface area is 180 Å². The molecule has 1 aromatic heterocycles. The Morgan fingerprint density at radius 2 is 1.70 bits per heavy atom. The van der Waals surface area contributed by atoms with Crippen LogP contribution in [0.15, 0.2) is 59.0 Å². The van der Waals surface area contributed by atoms with Crippen molar-refractivity contribution in [1.29, 1.82) is 0 Å². The Kier molecular flexibility index (Phi) is 6.00. The standard InChI is InChI=1S/C24H24ClNO4/c1-15(2)23(17-6-9-20-22(14-17)29-13-3-12-28-20)26-24(27)21-11-10-19(30-21)16-4-7-18(25)8-5-16/h4-11,14-15,23H,3,12-13H2,1-2H3,(H,26,27)/t23-/m1/s1. The summed E-state index contributed by atoms with van der Waals surface area (Å²) in [6, 6.07) is 16.4. The number of rotatable bonds is 5. The molecule has 3 aromatic rings. The fraction of sp³-hybridized carbons (Fsp3) is 0.292. The first kappa shape index (κ1) is 20.4. The number of halogens is 1. The third-order valence-electron chi connectivity index (χ3n) is 5.04. The Morgan fingerprint density at radius 3 is 2.43 bits per heavy atom. The van der Waals surface area contributed by atoms with E-state index in [9.17, 15) is 4.79 Å². The number of benzene rings is 2. The average molecular weight is 426 g/mol. The zero-order valence-corrected chi connectivity index (χ0v) is 17.7. The zero-order chi connectivity index (χ0) is 21.1. The van der Waals surface area contributed by atoms with Gasteiger partial charge in [0.2, 0.25) is 0 Å². The van der Waals surface area contributed by atoms with Crippen LogP contribution in [-0.4, -0.2) is 19.1 Å². The van der Waals surface area contributed by atoms with E-state index in [4.69, 9.17) is 25.5 Å². The summed E-state index contributed by atoms with van der Waals surface area (Å²) in [7, 11) is 0. The second-order valence-corrected chi connectivity index (χ2v) is 8.06. The van der Waals surface area contributed by atoms with Crippen molar-refractivity contribution >= 4 is 17.5 Å². The smallest absolute Gasteiger partial charge is 0.287 e. The van der Waals surface area contributed by atoms with E-state index in [0.717, 1.165) is 23.3 Å². The van der Waals surface area contributed by atoms with E-state index in [0.29, 0.717) is 29.7 Å². The number of nitrogens with one attached hydrogen (secondary N) is 1. The first-order valence-corrected chi connectivity index (χ1v) is 10.5. The van der Waals surface area contributed by atoms with Gasteiger partial charge in [0.1, 0.15) is 5.76 Å². The maximum absolute atomic E-state index is 12.9. The molecule has 0 spiro atoms. The van der Waals surface area contributed by atoms with Crippen LogP contribution in [0.4, 0.5) is 0 Å². The summed E-state index contributed by atoms with van der Waals surface area (Å²) in [5.41, 5.74) is 1.83. The van der Waals surface area contributed by atoms with Crippen molar-refractivity contribution in [2.45, 2.75) is 26.3 Å². The van der Waals surface area contributed by atoms with E-state index in [2.05, 4.69) is 19.2 Å². The Hall–Kier alpha value is -2.92. The summed E-state index contributed by atoms with van der Waals surface area (Å²) in [5, 5.41) is 3.75. The van der Waals surface area contributed by atoms with Gasteiger partial charge in [0, 0.05) is 17.0 Å². The Bertz CT molecular complexity index is 1030. The van der Waals surface area contributed by atoms with Gasteiger partial charge in [-0.2, -0.15) is 0 Å². The van der Waals surface area contributed by atoms with Crippen LogP contribution in [0, 0.1) is 5.92 Å². The van der Waals surface area contributed by atoms with Gasteiger partial charge in [0.15, 0.2) is 17.3 Å². The molecule has 6 heteroatoms. The van der Waals surface area contributed by atoms with Crippen molar-refractivity contribution in [2.75, 3.05) is 13.2 Å². The molecule has 1 N–H and O–H groups in total. The SMILES string of the molecule is CC(C)[C@@H](NC(=O)c1ccc(-c2ccc(Cl)cc2)o1)c1ccc2c(c1)OCCCO2. The van der Waals surface area contributed by atoms with Gasteiger partial charge in [-0.05, 0) is 60.0 Å². The number of carbonyl (C=O) groups excluding carboxylic acids is 1. The molecule has 4 rings (SSSR count). The normalized spacial score (nSPS) is 14.3. The fourth-order valence-corrected chi connectivity index (χ4v) is 3.58. The summed E-state index contributed by atoms with van der Waals surface area (Å²) in [6.45, 7) is 5.39. The van der Waals surface area contributed by atoms with E-state index < -0.39 is 0 Å². The van der Waals surface area contributed by atoms with Gasteiger partial charge in [-0.25, -0.2) is 0 Å². The molecule has 2 aromatic carbocycles. The molecule has 1 aliphatic rings. The highest BCUT2D eigenvalue weighted by atomic mass is 35.5. The average Bonchev–Trinajstić information content (AvgIpc) is 3.11. The van der Waals surface area contributed by atoms with E-state index in [-0.39, 0.29) is 23.6 Å². The van der Waals surface area contributed by atoms with Crippen LogP contribution >= 0.6 is 11.6 Å². The maximum Gasteiger partial charge on any atom is 0.287 e. The van der Waals surface area contributed by atoms with Gasteiger partial charge < -0.3 is 19.2 Å². The molecule has 0 fully saturated rings. The van der Waals surface area contributed by atoms with Gasteiger partial charge in [0.05, 0.1) is 19.3 Å². The minimum absolute atomic E-state index is 0.171. The zero-order valence-electron chi connectivity index (χ0n) is 17.0. The first-order chi connectivity index (χ1) is 14.5. The molecule has 0 aliphatic carbocycles. The molecule has 30 heavy (non-hydrogen) atoms. The number of hydrogen-bond acceptors (Lipinski definition) is 4. The summed E-state index contributed by atoms with van der Waals surface area (Å²) in [5.74, 6) is 2.25. The molecular formula is C24H24ClNO4. The topological polar surface area (TPSA) is 60.7 Å². The van der Waals surface area contributed by atoms with Crippen LogP contribution in [0.1, 0.15) is 42.4 Å². The van der Waals surface area contributed by atoms with Gasteiger partial charge in [-0.3, -0.25) is 4.79 Å². The minimum Gasteiger partial charge on any atom is -0.490 e. The highest BCUT2D eigenvalue weighted by Gasteiger charge is 2.23. The van der Waals surface area contributed by atoms with Crippen molar-refractivity contribution in [2.24, 2.45) is 5.92 Å². The second kappa shape index (κ2) is 8.84. The molecule has 156 valence electrons. The lowest BCUT2D eigenvalue weighted by atomic mass is 9.95. The lowest BCUT2D eigenvalue weighted by molar-refractivity contribution is 0.0898. The number of amides is 1. The van der Waals surface area contributed by atoms with Crippen molar-refractivity contribution in [3.63, 3.8) is 0 Å². The molecule has 0 radical (unpaired) electrons. The maximum atomic E-state index is 12.9. The number of ether oxygens (including phenoxy) is 2. The fourth-order valence-electron chi connectivity index (χ4n) is 3.45. The molecule has 1 amide bonds. The molecule has 0 saturated heterocycles. The molecule has 0 bridgehead atoms. The quantitative estimate of drug-likeness (QED) is 0.553. The summed E-state index contributed by atoms with van der Waals surface area (Å²) >= 11 is 5.94. The summed E-state index contributed by atoms with van der Waals surface area (Å²) in [4.78, 5) is 12.9. The number of furan rings is 1. The van der Waals surface area contributed by atoms with Crippen LogP contribution in [0.5, 0.6) is 11.5 Å². The third kappa shape index (κ3) is 4.46. The molecule has 5 nitrogen and oxygen atoms in total. The lowest BCUT2D eigenvalue weighted by Gasteiger charge is -2.23. The van der Waals surface area contributed by atoms with E-state index >= 15 is 0 Å². The van der Waals surface area contributed by atoms with Gasteiger partial charge in [-0.15, -0.1) is 0 Å². The van der Waals surface area contributed by atoms with Crippen molar-refractivity contribution < 1.29 is 18.7 Å². The summed E-state index contributed by atoms with van der Waals surface area (Å²) < 4.78 is 17.3. The highest BCUT2D eigenvalue weighted by Crippen LogP contribution is 2.34. The van der Waals surface area contributed by atoms with Crippen LogP contribution in [0.3, 0.4) is 0 Å². The summed E-state index contributed by atoms with van der Waals surface area (Å²) in [6.07, 6.45) is 0.850. The Balaban J connectivity index is 1.53. The van der Waals surface area contributed by atoms with Crippen molar-refractivity contribution in [1.82, 2.24) is 5.32 Å². The van der Waals surface area contributed by atoms with E-state index in [1.54, 1.807) is 24.3 Å². The van der Waals surface area contributed by atoms with E-state index in [1.807, 2.05) is 30.3 Å². The van der Waals surface area contributed by atoms with Crippen LogP contribution < -0.4 is 14.8 Å². The molecule has 0 saturated carbocycles. The molecular weight excluding hydrogens is 402 g/mol. The monoisotopic (exact) mass is 425 g/mol. The van der Waals surface area contributed by atoms with E-state index in [1.165, 1.54) is 0 Å². The number of carbonyl (C=O) groups is 1. The first-order valence-electron chi connectivity index (χ1n) is 10.1. The molecule has 0 unspecified atom stereocenters. The molecule has 1 atom stereocenters. The minimum atomic E-state index is -0.263. The third-order valence-corrected chi connectivity index (χ3v) is 5.29. The van der Waals surface area contributed by atoms with Gasteiger partial charge >= 0.3 is 0 Å². The number of fused-ring (bicyclic) bond motifs is 1. The van der Waals surface area contributed by atoms with Crippen molar-refractivity contribution in [3.8, 4) is 22.8 Å². The number of hydrogen-bond donors (Lipinski definition) is 1. The Morgan fingerprint density at radius 1 is 0.967 bits per heavy atom. The van der Waals surface area contributed by atoms with Gasteiger partial charge in [-0.1, -0.05) is 31.5 Å². The lowest BCUT2D eigenvalue weighted by Crippen LogP contribution is -2.31. The van der Waals surface area contributed by atoms with Gasteiger partial charge in [0.25, 0.3) is 5.91 Å². The van der Waals surface area contributed by atoms with Crippen LogP contribution in [-0.2, 0) is 0 Å². The highest BCUT2D eigenvalue weighted by molar-refractivity contribution is 6.30. The predicted molar refractivity (Wildman–Crippen MR) is 116 cm³/mol.